The third-order valence-corrected chi connectivity index (χ3v) is 3.00. The van der Waals surface area contributed by atoms with Gasteiger partial charge in [0, 0.05) is 17.7 Å². The highest BCUT2D eigenvalue weighted by Gasteiger charge is 2.09. The molecule has 0 saturated heterocycles. The smallest absolute Gasteiger partial charge is 0.200 e. The predicted molar refractivity (Wildman–Crippen MR) is 64.1 cm³/mol. The van der Waals surface area contributed by atoms with Crippen LogP contribution in [0.4, 0.5) is 5.13 Å². The van der Waals surface area contributed by atoms with Gasteiger partial charge in [0.15, 0.2) is 11.0 Å². The van der Waals surface area contributed by atoms with Gasteiger partial charge in [-0.1, -0.05) is 13.8 Å². The van der Waals surface area contributed by atoms with Crippen molar-refractivity contribution < 1.29 is 0 Å². The Kier molecular flexibility index (Phi) is 3.09. The number of anilines is 1. The van der Waals surface area contributed by atoms with E-state index in [1.54, 1.807) is 12.4 Å². The number of rotatable bonds is 3. The molecule has 0 fully saturated rings. The first kappa shape index (κ1) is 10.9. The Labute approximate surface area is 97.9 Å². The van der Waals surface area contributed by atoms with Crippen molar-refractivity contribution in [3.63, 3.8) is 0 Å². The third kappa shape index (κ3) is 2.16. The average molecular weight is 235 g/mol. The number of aromatic nitrogens is 4. The Balaban J connectivity index is 2.25. The fourth-order valence-electron chi connectivity index (χ4n) is 1.26. The first-order valence-corrected chi connectivity index (χ1v) is 5.89. The van der Waals surface area contributed by atoms with Crippen LogP contribution in [-0.2, 0) is 0 Å². The van der Waals surface area contributed by atoms with Crippen molar-refractivity contribution in [2.45, 2.75) is 26.2 Å². The van der Waals surface area contributed by atoms with Gasteiger partial charge in [-0.15, -0.1) is 0 Å². The van der Waals surface area contributed by atoms with Gasteiger partial charge < -0.3 is 5.73 Å². The van der Waals surface area contributed by atoms with E-state index < -0.39 is 0 Å². The molecule has 6 heteroatoms. The van der Waals surface area contributed by atoms with E-state index in [1.165, 1.54) is 0 Å². The van der Waals surface area contributed by atoms with E-state index in [9.17, 15) is 0 Å². The van der Waals surface area contributed by atoms with Crippen molar-refractivity contribution in [2.75, 3.05) is 5.73 Å². The van der Waals surface area contributed by atoms with Crippen molar-refractivity contribution in [1.29, 1.82) is 0 Å². The quantitative estimate of drug-likeness (QED) is 0.881. The number of hydrogen-bond donors (Lipinski definition) is 1. The van der Waals surface area contributed by atoms with Crippen LogP contribution < -0.4 is 5.73 Å². The second kappa shape index (κ2) is 4.52. The van der Waals surface area contributed by atoms with Crippen molar-refractivity contribution in [3.8, 4) is 11.5 Å². The lowest BCUT2D eigenvalue weighted by atomic mass is 10.1. The molecule has 0 aliphatic rings. The van der Waals surface area contributed by atoms with E-state index >= 15 is 0 Å². The van der Waals surface area contributed by atoms with E-state index in [2.05, 4.69) is 33.2 Å². The second-order valence-corrected chi connectivity index (χ2v) is 4.38. The molecule has 0 saturated carbocycles. The molecule has 0 aliphatic heterocycles. The van der Waals surface area contributed by atoms with E-state index in [0.717, 1.165) is 23.6 Å². The molecule has 2 aromatic heterocycles. The van der Waals surface area contributed by atoms with Gasteiger partial charge in [-0.3, -0.25) is 4.98 Å². The van der Waals surface area contributed by atoms with Gasteiger partial charge in [0.05, 0.1) is 11.9 Å². The normalized spacial score (nSPS) is 12.6. The van der Waals surface area contributed by atoms with E-state index in [0.29, 0.717) is 22.6 Å². The average Bonchev–Trinajstić information content (AvgIpc) is 2.75. The summed E-state index contributed by atoms with van der Waals surface area (Å²) in [5, 5.41) is 0.447. The fraction of sp³-hybridized carbons (Fsp3) is 0.400. The van der Waals surface area contributed by atoms with E-state index in [-0.39, 0.29) is 0 Å². The maximum Gasteiger partial charge on any atom is 0.200 e. The van der Waals surface area contributed by atoms with Crippen LogP contribution in [0.1, 0.15) is 31.9 Å². The standard InChI is InChI=1S/C10H13N5S/c1-3-6(2)7-4-13-8(5-12-7)9-14-10(11)16-15-9/h4-6H,3H2,1-2H3,(H2,11,14,15). The molecule has 0 spiro atoms. The van der Waals surface area contributed by atoms with Gasteiger partial charge in [0.2, 0.25) is 0 Å². The molecule has 0 amide bonds. The SMILES string of the molecule is CCC(C)c1cnc(-c2nsc(N)n2)cn1. The maximum absolute atomic E-state index is 5.51. The van der Waals surface area contributed by atoms with Crippen molar-refractivity contribution in [2.24, 2.45) is 0 Å². The van der Waals surface area contributed by atoms with Crippen molar-refractivity contribution >= 4 is 16.7 Å². The minimum Gasteiger partial charge on any atom is -0.374 e. The maximum atomic E-state index is 5.51. The molecule has 2 aromatic rings. The Bertz CT molecular complexity index is 464. The molecule has 1 unspecified atom stereocenters. The van der Waals surface area contributed by atoms with Crippen LogP contribution in [-0.4, -0.2) is 19.3 Å². The molecule has 2 N–H and O–H groups in total. The summed E-state index contributed by atoms with van der Waals surface area (Å²) in [5.74, 6) is 0.973. The number of nitrogens with two attached hydrogens (primary N) is 1. The molecular weight excluding hydrogens is 222 g/mol. The lowest BCUT2D eigenvalue weighted by Crippen LogP contribution is -1.98. The van der Waals surface area contributed by atoms with Crippen molar-refractivity contribution in [3.05, 3.63) is 18.1 Å². The van der Waals surface area contributed by atoms with Crippen LogP contribution in [0.2, 0.25) is 0 Å². The molecular formula is C10H13N5S. The lowest BCUT2D eigenvalue weighted by molar-refractivity contribution is 0.703. The summed E-state index contributed by atoms with van der Waals surface area (Å²) in [4.78, 5) is 12.7. The van der Waals surface area contributed by atoms with Crippen LogP contribution in [0.5, 0.6) is 0 Å². The molecule has 16 heavy (non-hydrogen) atoms. The molecule has 2 rings (SSSR count). The summed E-state index contributed by atoms with van der Waals surface area (Å²) in [6.45, 7) is 4.26. The first-order valence-electron chi connectivity index (χ1n) is 5.12. The Morgan fingerprint density at radius 2 is 2.19 bits per heavy atom. The zero-order valence-electron chi connectivity index (χ0n) is 9.21. The molecule has 0 bridgehead atoms. The van der Waals surface area contributed by atoms with Gasteiger partial charge in [-0.2, -0.15) is 9.36 Å². The van der Waals surface area contributed by atoms with Gasteiger partial charge in [-0.05, 0) is 12.3 Å². The van der Waals surface area contributed by atoms with Crippen LogP contribution >= 0.6 is 11.5 Å². The highest BCUT2D eigenvalue weighted by molar-refractivity contribution is 7.09. The van der Waals surface area contributed by atoms with Crippen LogP contribution in [0, 0.1) is 0 Å². The monoisotopic (exact) mass is 235 g/mol. The Morgan fingerprint density at radius 3 is 2.69 bits per heavy atom. The summed E-state index contributed by atoms with van der Waals surface area (Å²) < 4.78 is 4.08. The minimum atomic E-state index is 0.426. The summed E-state index contributed by atoms with van der Waals surface area (Å²) >= 11 is 1.16. The fourth-order valence-corrected chi connectivity index (χ4v) is 1.70. The molecule has 2 heterocycles. The van der Waals surface area contributed by atoms with E-state index in [4.69, 9.17) is 5.73 Å². The van der Waals surface area contributed by atoms with Crippen molar-refractivity contribution in [1.82, 2.24) is 19.3 Å². The summed E-state index contributed by atoms with van der Waals surface area (Å²) in [7, 11) is 0. The Hall–Kier alpha value is -1.56. The molecule has 0 radical (unpaired) electrons. The first-order chi connectivity index (χ1) is 7.70. The van der Waals surface area contributed by atoms with Gasteiger partial charge in [0.25, 0.3) is 0 Å². The summed E-state index contributed by atoms with van der Waals surface area (Å²) in [6.07, 6.45) is 4.53. The number of nitrogen functional groups attached to an aromatic ring is 1. The van der Waals surface area contributed by atoms with E-state index in [1.807, 2.05) is 0 Å². The zero-order valence-corrected chi connectivity index (χ0v) is 10.0. The molecule has 1 atom stereocenters. The molecule has 0 aromatic carbocycles. The highest BCUT2D eigenvalue weighted by Crippen LogP contribution is 2.19. The minimum absolute atomic E-state index is 0.426. The van der Waals surface area contributed by atoms with Crippen LogP contribution in [0.3, 0.4) is 0 Å². The van der Waals surface area contributed by atoms with Crippen LogP contribution in [0.25, 0.3) is 11.5 Å². The number of hydrogen-bond acceptors (Lipinski definition) is 6. The molecule has 5 nitrogen and oxygen atoms in total. The van der Waals surface area contributed by atoms with Gasteiger partial charge in [-0.25, -0.2) is 4.98 Å². The molecule has 0 aliphatic carbocycles. The predicted octanol–water partition coefficient (Wildman–Crippen LogP) is 2.09. The molecule has 84 valence electrons. The van der Waals surface area contributed by atoms with Crippen LogP contribution in [0.15, 0.2) is 12.4 Å². The summed E-state index contributed by atoms with van der Waals surface area (Å²) in [5.41, 5.74) is 7.17. The topological polar surface area (TPSA) is 77.6 Å². The van der Waals surface area contributed by atoms with Gasteiger partial charge in [0.1, 0.15) is 5.69 Å². The second-order valence-electron chi connectivity index (χ2n) is 3.59. The summed E-state index contributed by atoms with van der Waals surface area (Å²) in [6, 6.07) is 0. The Morgan fingerprint density at radius 1 is 1.38 bits per heavy atom. The highest BCUT2D eigenvalue weighted by atomic mass is 32.1. The largest absolute Gasteiger partial charge is 0.374 e. The number of nitrogens with zero attached hydrogens (tertiary/aromatic N) is 4. The lowest BCUT2D eigenvalue weighted by Gasteiger charge is -2.06. The zero-order chi connectivity index (χ0) is 11.5. The van der Waals surface area contributed by atoms with Gasteiger partial charge >= 0.3 is 0 Å². The third-order valence-electron chi connectivity index (χ3n) is 2.46.